The molecule has 10 N–H and O–H groups in total. The average Bonchev–Trinajstić information content (AvgIpc) is 3.46. The number of aryl methyl sites for hydroxylation is 13. The van der Waals surface area contributed by atoms with Gasteiger partial charge in [-0.1, -0.05) is 88.5 Å². The molecule has 8 aromatic carbocycles. The van der Waals surface area contributed by atoms with Crippen molar-refractivity contribution in [2.75, 3.05) is 33.2 Å². The molecule has 0 heterocycles. The minimum atomic E-state index is -0.859. The lowest BCUT2D eigenvalue weighted by molar-refractivity contribution is 0.0633. The molecule has 8 aromatic rings. The smallest absolute Gasteiger partial charge is 0.412 e. The van der Waals surface area contributed by atoms with Crippen molar-refractivity contribution in [2.24, 2.45) is 0 Å². The van der Waals surface area contributed by atoms with Crippen LogP contribution in [-0.2, 0) is 4.74 Å². The number of anilines is 6. The Morgan fingerprint density at radius 3 is 1.03 bits per heavy atom. The normalized spacial score (nSPS) is 10.2. The van der Waals surface area contributed by atoms with Crippen LogP contribution >= 0.6 is 23.2 Å². The van der Waals surface area contributed by atoms with Crippen LogP contribution in [0.3, 0.4) is 0 Å². The molecule has 0 saturated carbocycles. The predicted molar refractivity (Wildman–Crippen MR) is 359 cm³/mol. The van der Waals surface area contributed by atoms with Gasteiger partial charge in [0.2, 0.25) is 0 Å². The number of nitrogens with two attached hydrogens (primary N) is 3. The zero-order valence-electron chi connectivity index (χ0n) is 52.6. The number of carboxylic acids is 1. The minimum absolute atomic E-state index is 0.148. The summed E-state index contributed by atoms with van der Waals surface area (Å²) >= 11 is 10.6. The van der Waals surface area contributed by atoms with Gasteiger partial charge in [-0.3, -0.25) is 24.5 Å². The molecule has 0 aliphatic carbocycles. The van der Waals surface area contributed by atoms with Crippen LogP contribution < -0.4 is 33.2 Å². The number of nitrogens with one attached hydrogen (secondary N) is 3. The number of ether oxygens (including phenoxy) is 1. The number of hydrogen-bond acceptors (Lipinski definition) is 10. The van der Waals surface area contributed by atoms with Gasteiger partial charge in [0.15, 0.2) is 0 Å². The van der Waals surface area contributed by atoms with E-state index in [-0.39, 0.29) is 22.3 Å². The van der Waals surface area contributed by atoms with Crippen LogP contribution in [0.1, 0.15) is 145 Å². The Balaban J connectivity index is 0.000000286. The Bertz CT molecular complexity index is 3630. The number of rotatable bonds is 8. The number of aromatic carboxylic acids is 1. The van der Waals surface area contributed by atoms with Crippen molar-refractivity contribution in [2.45, 2.75) is 116 Å². The minimum Gasteiger partial charge on any atom is -0.478 e. The van der Waals surface area contributed by atoms with Gasteiger partial charge >= 0.3 is 12.1 Å². The Morgan fingerprint density at radius 2 is 0.701 bits per heavy atom. The molecule has 0 aromatic heterocycles. The standard InChI is InChI=1S/C21H26N2O3.C15H17N3O.2C9H9ClO.C9H10O2.C8H11N/c1-13-7-9-17(14(2)11-13)19(24)23-18-10-8-16(12-15(18)3)22-20(25)26-21(4,5)6;1-9-7-11(16)3-5-13(9)15(19)18-14-6-4-12(17)8-10(14)2;3*1-6-3-4-8(9(10)11)7(2)5-6;1-6-3-4-8(9)7(2)5-6/h7-12H,1-6H3,(H,22,25)(H,23,24);3-8H,16-17H2,1-2H3,(H,18,19);2*3-5H,1-2H3;3-5H,1-2H3,(H,10,11);3-5H,9H2,1-2H3. The van der Waals surface area contributed by atoms with Crippen molar-refractivity contribution < 1.29 is 38.6 Å². The van der Waals surface area contributed by atoms with Gasteiger partial charge in [-0.05, 0) is 263 Å². The predicted octanol–water partition coefficient (Wildman–Crippen LogP) is 17.2. The second-order valence-electron chi connectivity index (χ2n) is 22.2. The zero-order chi connectivity index (χ0) is 65.6. The molecular weight excluding hydrogens is 1140 g/mol. The summed E-state index contributed by atoms with van der Waals surface area (Å²) in [6, 6.07) is 44.1. The van der Waals surface area contributed by atoms with Gasteiger partial charge in [-0.15, -0.1) is 0 Å². The van der Waals surface area contributed by atoms with Crippen molar-refractivity contribution in [3.8, 4) is 0 Å². The Labute approximate surface area is 522 Å². The number of carboxylic acid groups (broad SMARTS) is 1. The Kier molecular flexibility index (Phi) is 27.7. The van der Waals surface area contributed by atoms with E-state index in [1.165, 1.54) is 5.56 Å². The third-order valence-electron chi connectivity index (χ3n) is 13.0. The number of amides is 3. The highest BCUT2D eigenvalue weighted by Gasteiger charge is 2.18. The molecule has 16 heteroatoms. The summed E-state index contributed by atoms with van der Waals surface area (Å²) < 4.78 is 5.24. The monoisotopic (exact) mass is 1220 g/mol. The molecule has 87 heavy (non-hydrogen) atoms. The van der Waals surface area contributed by atoms with Gasteiger partial charge in [-0.25, -0.2) is 9.59 Å². The lowest BCUT2D eigenvalue weighted by atomic mass is 10.0. The lowest BCUT2D eigenvalue weighted by Gasteiger charge is -2.20. The number of nitrogen functional groups attached to an aromatic ring is 3. The molecule has 0 spiro atoms. The number of hydrogen-bond donors (Lipinski definition) is 7. The highest BCUT2D eigenvalue weighted by molar-refractivity contribution is 6.68. The van der Waals surface area contributed by atoms with Crippen LogP contribution in [-0.4, -0.2) is 45.1 Å². The van der Waals surface area contributed by atoms with Crippen LogP contribution in [0.2, 0.25) is 0 Å². The second-order valence-corrected chi connectivity index (χ2v) is 22.9. The first kappa shape index (κ1) is 72.0. The maximum absolute atomic E-state index is 12.5. The van der Waals surface area contributed by atoms with E-state index >= 15 is 0 Å². The molecule has 0 aliphatic rings. The van der Waals surface area contributed by atoms with Gasteiger partial charge in [0.25, 0.3) is 22.3 Å². The third kappa shape index (κ3) is 24.7. The van der Waals surface area contributed by atoms with E-state index in [0.717, 1.165) is 78.1 Å². The third-order valence-corrected chi connectivity index (χ3v) is 13.4. The van der Waals surface area contributed by atoms with Gasteiger partial charge in [0.1, 0.15) is 5.60 Å². The number of carbonyl (C=O) groups is 6. The average molecular weight is 1220 g/mol. The van der Waals surface area contributed by atoms with E-state index in [0.29, 0.717) is 50.6 Å². The first-order valence-electron chi connectivity index (χ1n) is 27.8. The van der Waals surface area contributed by atoms with Crippen LogP contribution in [0.5, 0.6) is 0 Å². The summed E-state index contributed by atoms with van der Waals surface area (Å²) in [6.45, 7) is 30.5. The molecule has 0 fully saturated rings. The molecule has 0 aliphatic heterocycles. The molecular formula is C71H82Cl2N6O8. The Morgan fingerprint density at radius 1 is 0.379 bits per heavy atom. The van der Waals surface area contributed by atoms with E-state index in [1.54, 1.807) is 79.7 Å². The summed E-state index contributed by atoms with van der Waals surface area (Å²) in [6.07, 6.45) is -0.510. The van der Waals surface area contributed by atoms with Crippen molar-refractivity contribution >= 4 is 91.7 Å². The first-order valence-corrected chi connectivity index (χ1v) is 28.5. The van der Waals surface area contributed by atoms with Gasteiger partial charge in [0.05, 0.1) is 5.56 Å². The number of halogens is 2. The highest BCUT2D eigenvalue weighted by atomic mass is 35.5. The van der Waals surface area contributed by atoms with Crippen molar-refractivity contribution in [3.63, 3.8) is 0 Å². The molecule has 3 amide bonds. The lowest BCUT2D eigenvalue weighted by Crippen LogP contribution is -2.27. The second kappa shape index (κ2) is 33.5. The van der Waals surface area contributed by atoms with Crippen LogP contribution in [0.4, 0.5) is 38.9 Å². The molecule has 14 nitrogen and oxygen atoms in total. The quantitative estimate of drug-likeness (QED) is 0.0557. The first-order chi connectivity index (χ1) is 40.5. The summed E-state index contributed by atoms with van der Waals surface area (Å²) in [4.78, 5) is 68.6. The summed E-state index contributed by atoms with van der Waals surface area (Å²) in [5.74, 6) is -1.16. The summed E-state index contributed by atoms with van der Waals surface area (Å²) in [5, 5.41) is 16.4. The van der Waals surface area contributed by atoms with Crippen LogP contribution in [0.25, 0.3) is 0 Å². The molecule has 0 saturated heterocycles. The zero-order valence-corrected chi connectivity index (χ0v) is 54.2. The van der Waals surface area contributed by atoms with Gasteiger partial charge in [-0.2, -0.15) is 0 Å². The Hall–Kier alpha value is -9.24. The van der Waals surface area contributed by atoms with Crippen molar-refractivity contribution in [1.82, 2.24) is 0 Å². The van der Waals surface area contributed by atoms with E-state index < -0.39 is 17.7 Å². The fourth-order valence-electron chi connectivity index (χ4n) is 8.47. The van der Waals surface area contributed by atoms with Gasteiger partial charge < -0.3 is 37.7 Å². The van der Waals surface area contributed by atoms with E-state index in [4.69, 9.17) is 50.2 Å². The van der Waals surface area contributed by atoms with E-state index in [2.05, 4.69) is 28.9 Å². The van der Waals surface area contributed by atoms with E-state index in [9.17, 15) is 28.8 Å². The number of carbonyl (C=O) groups excluding carboxylic acids is 5. The molecule has 458 valence electrons. The maximum Gasteiger partial charge on any atom is 0.412 e. The van der Waals surface area contributed by atoms with Crippen molar-refractivity contribution in [3.05, 3.63) is 246 Å². The molecule has 0 radical (unpaired) electrons. The highest BCUT2D eigenvalue weighted by Crippen LogP contribution is 2.24. The SMILES string of the molecule is Cc1cc(N)ccc1NC(=O)c1ccc(N)cc1C.Cc1ccc(C(=O)Cl)c(C)c1.Cc1ccc(C(=O)Cl)c(C)c1.Cc1ccc(C(=O)Nc2ccc(NC(=O)OC(C)(C)C)cc2C)c(C)c1.Cc1ccc(C(=O)O)c(C)c1.Cc1ccc(N)c(C)c1. The number of benzene rings is 8. The van der Waals surface area contributed by atoms with E-state index in [1.807, 2.05) is 164 Å². The fourth-order valence-corrected chi connectivity index (χ4v) is 8.89. The summed E-state index contributed by atoms with van der Waals surface area (Å²) in [7, 11) is 0. The molecule has 8 rings (SSSR count). The topological polar surface area (TPSA) is 246 Å². The van der Waals surface area contributed by atoms with Crippen LogP contribution in [0, 0.1) is 90.0 Å². The van der Waals surface area contributed by atoms with Gasteiger partial charge in [0, 0.05) is 56.4 Å². The van der Waals surface area contributed by atoms with Crippen molar-refractivity contribution in [1.29, 1.82) is 0 Å². The largest absolute Gasteiger partial charge is 0.478 e. The molecule has 0 bridgehead atoms. The molecule has 0 atom stereocenters. The fraction of sp³-hybridized carbons (Fsp3) is 0.239. The summed E-state index contributed by atoms with van der Waals surface area (Å²) in [5.41, 5.74) is 36.7. The van der Waals surface area contributed by atoms with Crippen LogP contribution in [0.15, 0.2) is 146 Å². The molecule has 0 unspecified atom stereocenters. The maximum atomic E-state index is 12.5.